The van der Waals surface area contributed by atoms with Crippen molar-refractivity contribution in [2.75, 3.05) is 40.3 Å². The molecule has 0 aliphatic carbocycles. The van der Waals surface area contributed by atoms with Crippen molar-refractivity contribution in [2.45, 2.75) is 26.8 Å². The molecule has 2 N–H and O–H groups in total. The first-order valence-corrected chi connectivity index (χ1v) is 7.70. The molecule has 1 aromatic carbocycles. The van der Waals surface area contributed by atoms with E-state index in [1.165, 1.54) is 0 Å². The Morgan fingerprint density at radius 3 is 2.33 bits per heavy atom. The van der Waals surface area contributed by atoms with Crippen molar-refractivity contribution < 1.29 is 4.39 Å². The van der Waals surface area contributed by atoms with Crippen LogP contribution in [0.4, 0.5) is 4.39 Å². The molecule has 0 saturated heterocycles. The van der Waals surface area contributed by atoms with Crippen LogP contribution in [0.15, 0.2) is 18.2 Å². The standard InChI is InChI=1S/C17H30FN3/c1-13(2)12-21(9-8-20(4)5)17(11-19)15-6-7-16(18)14(3)10-15/h6-7,10,13,17H,8-9,11-12,19H2,1-5H3. The molecular formula is C17H30FN3. The third-order valence-corrected chi connectivity index (χ3v) is 3.66. The second-order valence-corrected chi connectivity index (χ2v) is 6.45. The van der Waals surface area contributed by atoms with Gasteiger partial charge in [-0.05, 0) is 44.1 Å². The van der Waals surface area contributed by atoms with Gasteiger partial charge in [0.2, 0.25) is 0 Å². The molecular weight excluding hydrogens is 265 g/mol. The Morgan fingerprint density at radius 1 is 1.19 bits per heavy atom. The van der Waals surface area contributed by atoms with Gasteiger partial charge in [-0.3, -0.25) is 4.90 Å². The fraction of sp³-hybridized carbons (Fsp3) is 0.647. The molecule has 3 nitrogen and oxygen atoms in total. The van der Waals surface area contributed by atoms with Crippen molar-refractivity contribution in [2.24, 2.45) is 11.7 Å². The van der Waals surface area contributed by atoms with Crippen molar-refractivity contribution in [3.63, 3.8) is 0 Å². The van der Waals surface area contributed by atoms with Gasteiger partial charge in [-0.15, -0.1) is 0 Å². The molecule has 0 radical (unpaired) electrons. The number of rotatable bonds is 8. The minimum absolute atomic E-state index is 0.145. The number of hydrogen-bond donors (Lipinski definition) is 1. The van der Waals surface area contributed by atoms with Gasteiger partial charge in [-0.25, -0.2) is 4.39 Å². The normalized spacial score (nSPS) is 13.4. The molecule has 1 atom stereocenters. The second kappa shape index (κ2) is 8.47. The van der Waals surface area contributed by atoms with E-state index in [-0.39, 0.29) is 11.9 Å². The molecule has 0 bridgehead atoms. The quantitative estimate of drug-likeness (QED) is 0.800. The Hall–Kier alpha value is -0.970. The van der Waals surface area contributed by atoms with E-state index in [0.29, 0.717) is 18.0 Å². The van der Waals surface area contributed by atoms with Gasteiger partial charge in [0.1, 0.15) is 5.82 Å². The lowest BCUT2D eigenvalue weighted by molar-refractivity contribution is 0.163. The zero-order chi connectivity index (χ0) is 16.0. The molecule has 0 fully saturated rings. The average Bonchev–Trinajstić information content (AvgIpc) is 2.40. The molecule has 0 heterocycles. The Morgan fingerprint density at radius 2 is 1.86 bits per heavy atom. The van der Waals surface area contributed by atoms with Gasteiger partial charge in [0, 0.05) is 32.2 Å². The van der Waals surface area contributed by atoms with Crippen LogP contribution in [0.2, 0.25) is 0 Å². The van der Waals surface area contributed by atoms with Crippen LogP contribution in [0.25, 0.3) is 0 Å². The van der Waals surface area contributed by atoms with Gasteiger partial charge < -0.3 is 10.6 Å². The van der Waals surface area contributed by atoms with E-state index in [0.717, 1.165) is 25.2 Å². The van der Waals surface area contributed by atoms with Crippen LogP contribution in [-0.2, 0) is 0 Å². The molecule has 21 heavy (non-hydrogen) atoms. The average molecular weight is 295 g/mol. The van der Waals surface area contributed by atoms with Crippen LogP contribution in [-0.4, -0.2) is 50.1 Å². The summed E-state index contributed by atoms with van der Waals surface area (Å²) in [6, 6.07) is 5.48. The summed E-state index contributed by atoms with van der Waals surface area (Å²) in [5.74, 6) is 0.418. The minimum Gasteiger partial charge on any atom is -0.329 e. The van der Waals surface area contributed by atoms with Crippen LogP contribution in [0.3, 0.4) is 0 Å². The van der Waals surface area contributed by atoms with Gasteiger partial charge in [0.25, 0.3) is 0 Å². The lowest BCUT2D eigenvalue weighted by atomic mass is 10.0. The van der Waals surface area contributed by atoms with E-state index in [2.05, 4.69) is 37.7 Å². The summed E-state index contributed by atoms with van der Waals surface area (Å²) in [5.41, 5.74) is 7.82. The molecule has 120 valence electrons. The Kier molecular flexibility index (Phi) is 7.29. The first-order chi connectivity index (χ1) is 9.85. The topological polar surface area (TPSA) is 32.5 Å². The number of halogens is 1. The van der Waals surface area contributed by atoms with Gasteiger partial charge in [-0.1, -0.05) is 26.0 Å². The van der Waals surface area contributed by atoms with Crippen molar-refractivity contribution in [3.8, 4) is 0 Å². The summed E-state index contributed by atoms with van der Waals surface area (Å²) in [7, 11) is 4.15. The molecule has 0 amide bonds. The molecule has 4 heteroatoms. The van der Waals surface area contributed by atoms with Crippen molar-refractivity contribution in [3.05, 3.63) is 35.1 Å². The maximum absolute atomic E-state index is 13.5. The number of aryl methyl sites for hydroxylation is 1. The SMILES string of the molecule is Cc1cc(C(CN)N(CCN(C)C)CC(C)C)ccc1F. The molecule has 1 rings (SSSR count). The molecule has 1 aromatic rings. The molecule has 0 aromatic heterocycles. The summed E-state index contributed by atoms with van der Waals surface area (Å²) < 4.78 is 13.5. The molecule has 0 spiro atoms. The minimum atomic E-state index is -0.154. The van der Waals surface area contributed by atoms with E-state index < -0.39 is 0 Å². The third-order valence-electron chi connectivity index (χ3n) is 3.66. The fourth-order valence-corrected chi connectivity index (χ4v) is 2.54. The summed E-state index contributed by atoms with van der Waals surface area (Å²) in [6.45, 7) is 9.72. The molecule has 0 saturated carbocycles. The molecule has 0 aliphatic rings. The number of hydrogen-bond acceptors (Lipinski definition) is 3. The zero-order valence-electron chi connectivity index (χ0n) is 14.1. The van der Waals surface area contributed by atoms with Crippen LogP contribution in [0, 0.1) is 18.7 Å². The van der Waals surface area contributed by atoms with Crippen molar-refractivity contribution >= 4 is 0 Å². The Bertz CT molecular complexity index is 432. The van der Waals surface area contributed by atoms with Crippen molar-refractivity contribution in [1.29, 1.82) is 0 Å². The van der Waals surface area contributed by atoms with Crippen LogP contribution < -0.4 is 5.73 Å². The summed E-state index contributed by atoms with van der Waals surface area (Å²) in [5, 5.41) is 0. The fourth-order valence-electron chi connectivity index (χ4n) is 2.54. The van der Waals surface area contributed by atoms with Gasteiger partial charge in [-0.2, -0.15) is 0 Å². The lowest BCUT2D eigenvalue weighted by Crippen LogP contribution is -2.40. The number of benzene rings is 1. The van der Waals surface area contributed by atoms with Gasteiger partial charge in [0.15, 0.2) is 0 Å². The first kappa shape index (κ1) is 18.1. The zero-order valence-corrected chi connectivity index (χ0v) is 14.1. The van der Waals surface area contributed by atoms with E-state index in [4.69, 9.17) is 5.73 Å². The van der Waals surface area contributed by atoms with E-state index in [1.807, 2.05) is 12.1 Å². The number of likely N-dealkylation sites (N-methyl/N-ethyl adjacent to an activating group) is 1. The van der Waals surface area contributed by atoms with Crippen molar-refractivity contribution in [1.82, 2.24) is 9.80 Å². The summed E-state index contributed by atoms with van der Waals surface area (Å²) in [6.07, 6.45) is 0. The van der Waals surface area contributed by atoms with E-state index in [9.17, 15) is 4.39 Å². The highest BCUT2D eigenvalue weighted by Gasteiger charge is 2.20. The first-order valence-electron chi connectivity index (χ1n) is 7.70. The summed E-state index contributed by atoms with van der Waals surface area (Å²) in [4.78, 5) is 4.59. The monoisotopic (exact) mass is 295 g/mol. The lowest BCUT2D eigenvalue weighted by Gasteiger charge is -2.33. The Balaban J connectivity index is 2.95. The third kappa shape index (κ3) is 5.73. The predicted molar refractivity (Wildman–Crippen MR) is 87.9 cm³/mol. The van der Waals surface area contributed by atoms with E-state index >= 15 is 0 Å². The number of nitrogens with zero attached hydrogens (tertiary/aromatic N) is 2. The van der Waals surface area contributed by atoms with Crippen LogP contribution >= 0.6 is 0 Å². The predicted octanol–water partition coefficient (Wildman–Crippen LogP) is 2.65. The maximum Gasteiger partial charge on any atom is 0.126 e. The van der Waals surface area contributed by atoms with Gasteiger partial charge in [0.05, 0.1) is 0 Å². The number of nitrogens with two attached hydrogens (primary N) is 1. The summed E-state index contributed by atoms with van der Waals surface area (Å²) >= 11 is 0. The second-order valence-electron chi connectivity index (χ2n) is 6.45. The smallest absolute Gasteiger partial charge is 0.126 e. The highest BCUT2D eigenvalue weighted by Crippen LogP contribution is 2.23. The van der Waals surface area contributed by atoms with E-state index in [1.54, 1.807) is 13.0 Å². The molecule has 1 unspecified atom stereocenters. The Labute approximate surface area is 128 Å². The maximum atomic E-state index is 13.5. The highest BCUT2D eigenvalue weighted by molar-refractivity contribution is 5.27. The van der Waals surface area contributed by atoms with Crippen LogP contribution in [0.5, 0.6) is 0 Å². The largest absolute Gasteiger partial charge is 0.329 e. The molecule has 0 aliphatic heterocycles. The van der Waals surface area contributed by atoms with Crippen LogP contribution in [0.1, 0.15) is 31.0 Å². The van der Waals surface area contributed by atoms with Gasteiger partial charge >= 0.3 is 0 Å². The highest BCUT2D eigenvalue weighted by atomic mass is 19.1.